The van der Waals surface area contributed by atoms with Gasteiger partial charge in [0.05, 0.1) is 5.41 Å². The number of likely N-dealkylation sites (tertiary alicyclic amines) is 1. The third kappa shape index (κ3) is 3.01. The molecule has 0 radical (unpaired) electrons. The van der Waals surface area contributed by atoms with Crippen LogP contribution in [0, 0.1) is 11.8 Å². The van der Waals surface area contributed by atoms with Crippen molar-refractivity contribution in [3.8, 4) is 0 Å². The summed E-state index contributed by atoms with van der Waals surface area (Å²) in [7, 11) is 0. The summed E-state index contributed by atoms with van der Waals surface area (Å²) in [5.41, 5.74) is 1.71. The van der Waals surface area contributed by atoms with Gasteiger partial charge in [-0.05, 0) is 55.0 Å². The summed E-state index contributed by atoms with van der Waals surface area (Å²) in [4.78, 5) is 22.9. The van der Waals surface area contributed by atoms with Crippen LogP contribution in [0.2, 0.25) is 0 Å². The highest BCUT2D eigenvalue weighted by Gasteiger charge is 2.54. The van der Waals surface area contributed by atoms with E-state index in [2.05, 4.69) is 21.1 Å². The van der Waals surface area contributed by atoms with Gasteiger partial charge in [-0.15, -0.1) is 0 Å². The second-order valence-corrected chi connectivity index (χ2v) is 9.29. The topological polar surface area (TPSA) is 75.0 Å². The van der Waals surface area contributed by atoms with E-state index in [9.17, 15) is 4.79 Å². The Morgan fingerprint density at radius 3 is 3.03 bits per heavy atom. The highest BCUT2D eigenvalue weighted by molar-refractivity contribution is 5.78. The summed E-state index contributed by atoms with van der Waals surface area (Å²) in [5.74, 6) is 3.02. The molecule has 2 aromatic heterocycles. The quantitative estimate of drug-likeness (QED) is 0.723. The number of rotatable bonds is 5. The second-order valence-electron chi connectivity index (χ2n) is 9.29. The predicted octanol–water partition coefficient (Wildman–Crippen LogP) is 3.42. The Morgan fingerprint density at radius 1 is 1.24 bits per heavy atom. The third-order valence-corrected chi connectivity index (χ3v) is 7.23. The maximum Gasteiger partial charge on any atom is 0.252 e. The molecule has 0 unspecified atom stereocenters. The summed E-state index contributed by atoms with van der Waals surface area (Å²) in [6, 6.07) is 9.99. The number of fused-ring (bicyclic) bond motifs is 2. The molecule has 2 atom stereocenters. The summed E-state index contributed by atoms with van der Waals surface area (Å²) in [6.45, 7) is 2.56. The van der Waals surface area contributed by atoms with Gasteiger partial charge in [0.1, 0.15) is 0 Å². The first kappa shape index (κ1) is 17.4. The van der Waals surface area contributed by atoms with Crippen LogP contribution < -0.4 is 5.56 Å². The third-order valence-electron chi connectivity index (χ3n) is 7.23. The number of nitrogens with zero attached hydrogens (tertiary/aromatic N) is 3. The highest BCUT2D eigenvalue weighted by atomic mass is 16.5. The number of hydrogen-bond donors (Lipinski definition) is 1. The number of H-pyrrole nitrogens is 1. The van der Waals surface area contributed by atoms with Crippen molar-refractivity contribution in [1.29, 1.82) is 0 Å². The van der Waals surface area contributed by atoms with Gasteiger partial charge < -0.3 is 9.51 Å². The minimum Gasteiger partial charge on any atom is -0.339 e. The SMILES string of the molecule is O=c1[nH]c2ccccc2cc1CN1C[C@H]2CCC[C@@]2(c2nc(CC3CC3)no2)C1. The fraction of sp³-hybridized carbons (Fsp3) is 0.522. The van der Waals surface area contributed by atoms with E-state index in [1.807, 2.05) is 24.3 Å². The standard InChI is InChI=1S/C23H26N4O2/c28-21-17(11-16-4-1-2-6-19(16)24-21)12-27-13-18-5-3-9-23(18,14-27)22-25-20(26-29-22)10-15-7-8-15/h1-2,4,6,11,15,18H,3,5,7-10,12-14H2,(H,24,28)/t18-,23-/m1/s1. The van der Waals surface area contributed by atoms with Crippen LogP contribution in [0.5, 0.6) is 0 Å². The van der Waals surface area contributed by atoms with Gasteiger partial charge >= 0.3 is 0 Å². The fourth-order valence-electron chi connectivity index (χ4n) is 5.53. The van der Waals surface area contributed by atoms with Gasteiger partial charge in [-0.1, -0.05) is 29.8 Å². The minimum atomic E-state index is -0.0294. The van der Waals surface area contributed by atoms with Gasteiger partial charge in [0, 0.05) is 37.1 Å². The monoisotopic (exact) mass is 390 g/mol. The lowest BCUT2D eigenvalue weighted by molar-refractivity contribution is 0.244. The van der Waals surface area contributed by atoms with Crippen LogP contribution in [0.1, 0.15) is 49.4 Å². The molecular formula is C23H26N4O2. The van der Waals surface area contributed by atoms with Gasteiger partial charge in [-0.2, -0.15) is 4.98 Å². The molecule has 1 aliphatic heterocycles. The Morgan fingerprint density at radius 2 is 2.14 bits per heavy atom. The first-order valence-electron chi connectivity index (χ1n) is 10.9. The summed E-state index contributed by atoms with van der Waals surface area (Å²) in [6.07, 6.45) is 7.07. The maximum atomic E-state index is 12.6. The van der Waals surface area contributed by atoms with Crippen LogP contribution in [0.4, 0.5) is 0 Å². The first-order valence-corrected chi connectivity index (χ1v) is 10.9. The van der Waals surface area contributed by atoms with E-state index < -0.39 is 0 Å². The van der Waals surface area contributed by atoms with Crippen LogP contribution in [-0.4, -0.2) is 33.1 Å². The number of benzene rings is 1. The molecule has 2 aliphatic carbocycles. The molecule has 1 aromatic carbocycles. The maximum absolute atomic E-state index is 12.6. The van der Waals surface area contributed by atoms with Gasteiger partial charge in [-0.3, -0.25) is 9.69 Å². The van der Waals surface area contributed by atoms with Gasteiger partial charge in [0.2, 0.25) is 5.89 Å². The van der Waals surface area contributed by atoms with E-state index in [-0.39, 0.29) is 11.0 Å². The molecule has 0 bridgehead atoms. The summed E-state index contributed by atoms with van der Waals surface area (Å²) >= 11 is 0. The molecule has 2 saturated carbocycles. The van der Waals surface area contributed by atoms with Crippen LogP contribution in [-0.2, 0) is 18.4 Å². The zero-order valence-corrected chi connectivity index (χ0v) is 16.6. The molecule has 3 fully saturated rings. The minimum absolute atomic E-state index is 0.0133. The number of aromatic amines is 1. The van der Waals surface area contributed by atoms with E-state index in [0.29, 0.717) is 12.5 Å². The number of aromatic nitrogens is 3. The number of nitrogens with one attached hydrogen (secondary N) is 1. The van der Waals surface area contributed by atoms with Crippen molar-refractivity contribution >= 4 is 10.9 Å². The van der Waals surface area contributed by atoms with E-state index >= 15 is 0 Å². The van der Waals surface area contributed by atoms with Crippen LogP contribution in [0.25, 0.3) is 10.9 Å². The van der Waals surface area contributed by atoms with Crippen molar-refractivity contribution in [1.82, 2.24) is 20.0 Å². The van der Waals surface area contributed by atoms with Crippen molar-refractivity contribution in [2.75, 3.05) is 13.1 Å². The molecule has 150 valence electrons. The predicted molar refractivity (Wildman–Crippen MR) is 110 cm³/mol. The zero-order chi connectivity index (χ0) is 19.4. The smallest absolute Gasteiger partial charge is 0.252 e. The van der Waals surface area contributed by atoms with Gasteiger partial charge in [0.15, 0.2) is 5.82 Å². The van der Waals surface area contributed by atoms with Gasteiger partial charge in [0.25, 0.3) is 5.56 Å². The fourth-order valence-corrected chi connectivity index (χ4v) is 5.53. The molecular weight excluding hydrogens is 364 g/mol. The van der Waals surface area contributed by atoms with Gasteiger partial charge in [-0.25, -0.2) is 0 Å². The molecule has 29 heavy (non-hydrogen) atoms. The molecule has 6 rings (SSSR count). The number of para-hydroxylation sites is 1. The first-order chi connectivity index (χ1) is 14.2. The molecule has 3 aliphatic rings. The molecule has 6 heteroatoms. The normalized spacial score (nSPS) is 27.0. The van der Waals surface area contributed by atoms with Crippen LogP contribution in [0.15, 0.2) is 39.6 Å². The van der Waals surface area contributed by atoms with Crippen molar-refractivity contribution in [3.05, 3.63) is 58.0 Å². The molecule has 6 nitrogen and oxygen atoms in total. The molecule has 3 aromatic rings. The Hall–Kier alpha value is -2.47. The van der Waals surface area contributed by atoms with Crippen molar-refractivity contribution in [3.63, 3.8) is 0 Å². The van der Waals surface area contributed by atoms with E-state index in [4.69, 9.17) is 9.51 Å². The molecule has 0 spiro atoms. The highest BCUT2D eigenvalue weighted by Crippen LogP contribution is 2.50. The largest absolute Gasteiger partial charge is 0.339 e. The zero-order valence-electron chi connectivity index (χ0n) is 16.6. The van der Waals surface area contributed by atoms with E-state index in [1.54, 1.807) is 0 Å². The number of hydrogen-bond acceptors (Lipinski definition) is 5. The summed E-state index contributed by atoms with van der Waals surface area (Å²) < 4.78 is 5.81. The lowest BCUT2D eigenvalue weighted by Crippen LogP contribution is -2.33. The molecule has 3 heterocycles. The van der Waals surface area contributed by atoms with Crippen molar-refractivity contribution in [2.24, 2.45) is 11.8 Å². The number of pyridine rings is 1. The van der Waals surface area contributed by atoms with E-state index in [0.717, 1.165) is 60.0 Å². The summed E-state index contributed by atoms with van der Waals surface area (Å²) in [5, 5.41) is 5.38. The Balaban J connectivity index is 1.26. The Kier molecular flexibility index (Phi) is 3.91. The molecule has 1 saturated heterocycles. The Bertz CT molecular complexity index is 1120. The molecule has 1 N–H and O–H groups in total. The van der Waals surface area contributed by atoms with E-state index in [1.165, 1.54) is 25.7 Å². The van der Waals surface area contributed by atoms with Crippen LogP contribution >= 0.6 is 0 Å². The second kappa shape index (κ2) is 6.52. The average Bonchev–Trinajstić information content (AvgIpc) is 3.09. The average molecular weight is 390 g/mol. The van der Waals surface area contributed by atoms with Crippen molar-refractivity contribution < 1.29 is 4.52 Å². The van der Waals surface area contributed by atoms with Crippen LogP contribution in [0.3, 0.4) is 0 Å². The lowest BCUT2D eigenvalue weighted by atomic mass is 9.80. The molecule has 0 amide bonds. The Labute approximate surface area is 169 Å². The van der Waals surface area contributed by atoms with Crippen molar-refractivity contribution in [2.45, 2.75) is 50.5 Å². The lowest BCUT2D eigenvalue weighted by Gasteiger charge is -2.24.